The fraction of sp³-hybridized carbons (Fsp3) is 0.160. The number of hydrogen-bond donors (Lipinski definition) is 1. The Labute approximate surface area is 213 Å². The normalized spacial score (nSPS) is 13.4. The Bertz CT molecular complexity index is 1680. The number of rotatable bonds is 7. The van der Waals surface area contributed by atoms with Gasteiger partial charge in [0.2, 0.25) is 5.89 Å². The molecule has 0 fully saturated rings. The third-order valence-corrected chi connectivity index (χ3v) is 9.61. The lowest BCUT2D eigenvalue weighted by Crippen LogP contribution is -2.29. The van der Waals surface area contributed by atoms with Crippen LogP contribution in [0.25, 0.3) is 11.5 Å². The lowest BCUT2D eigenvalue weighted by Gasteiger charge is -2.19. The first-order chi connectivity index (χ1) is 17.7. The summed E-state index contributed by atoms with van der Waals surface area (Å²) in [6, 6.07) is 18.8. The van der Waals surface area contributed by atoms with Gasteiger partial charge < -0.3 is 4.42 Å². The topological polar surface area (TPSA) is 140 Å². The van der Waals surface area contributed by atoms with E-state index in [2.05, 4.69) is 15.5 Å². The SMILES string of the molecule is CCS(=O)(=O)c1ccc(-c2nnc(NC(=O)c3ccc(S(=O)(=O)N4CCc5ccccc54)cc3)o2)cc1. The molecule has 0 spiro atoms. The summed E-state index contributed by atoms with van der Waals surface area (Å²) >= 11 is 0. The molecule has 1 aliphatic heterocycles. The maximum absolute atomic E-state index is 13.2. The van der Waals surface area contributed by atoms with Crippen LogP contribution in [0, 0.1) is 0 Å². The molecule has 1 aromatic heterocycles. The van der Waals surface area contributed by atoms with Crippen LogP contribution >= 0.6 is 0 Å². The number of nitrogens with one attached hydrogen (secondary N) is 1. The van der Waals surface area contributed by atoms with Crippen molar-refractivity contribution in [1.29, 1.82) is 0 Å². The van der Waals surface area contributed by atoms with Crippen molar-refractivity contribution in [2.45, 2.75) is 23.1 Å². The number of sulfone groups is 1. The Balaban J connectivity index is 1.28. The molecule has 2 heterocycles. The van der Waals surface area contributed by atoms with Crippen LogP contribution in [0.2, 0.25) is 0 Å². The Kier molecular flexibility index (Phi) is 6.30. The molecule has 0 aliphatic carbocycles. The maximum atomic E-state index is 13.2. The molecule has 12 heteroatoms. The first-order valence-electron chi connectivity index (χ1n) is 11.4. The Hall–Kier alpha value is -4.03. The van der Waals surface area contributed by atoms with Gasteiger partial charge in [-0.15, -0.1) is 5.10 Å². The van der Waals surface area contributed by atoms with E-state index >= 15 is 0 Å². The van der Waals surface area contributed by atoms with Crippen LogP contribution in [0.15, 0.2) is 87.0 Å². The number of sulfonamides is 1. The number of carbonyl (C=O) groups is 1. The zero-order chi connectivity index (χ0) is 26.2. The number of fused-ring (bicyclic) bond motifs is 1. The third kappa shape index (κ3) is 4.72. The number of hydrogen-bond acceptors (Lipinski definition) is 8. The van der Waals surface area contributed by atoms with E-state index in [1.807, 2.05) is 12.1 Å². The second kappa shape index (κ2) is 9.45. The summed E-state index contributed by atoms with van der Waals surface area (Å²) in [5.41, 5.74) is 2.33. The van der Waals surface area contributed by atoms with E-state index in [0.717, 1.165) is 5.56 Å². The molecule has 3 aromatic carbocycles. The van der Waals surface area contributed by atoms with Gasteiger partial charge in [0.25, 0.3) is 15.9 Å². The highest BCUT2D eigenvalue weighted by molar-refractivity contribution is 7.93. The molecule has 1 amide bonds. The Morgan fingerprint density at radius 1 is 0.919 bits per heavy atom. The summed E-state index contributed by atoms with van der Waals surface area (Å²) in [7, 11) is -7.10. The number of amides is 1. The number of carbonyl (C=O) groups excluding carboxylic acids is 1. The molecule has 0 unspecified atom stereocenters. The fourth-order valence-electron chi connectivity index (χ4n) is 3.99. The molecule has 5 rings (SSSR count). The van der Waals surface area contributed by atoms with E-state index in [-0.39, 0.29) is 33.0 Å². The summed E-state index contributed by atoms with van der Waals surface area (Å²) in [4.78, 5) is 12.9. The highest BCUT2D eigenvalue weighted by Crippen LogP contribution is 2.32. The summed E-state index contributed by atoms with van der Waals surface area (Å²) in [6.45, 7) is 1.93. The van der Waals surface area contributed by atoms with E-state index in [0.29, 0.717) is 24.2 Å². The minimum atomic E-state index is -3.77. The molecular weight excluding hydrogens is 516 g/mol. The molecule has 1 N–H and O–H groups in total. The largest absolute Gasteiger partial charge is 0.403 e. The molecule has 0 saturated heterocycles. The van der Waals surface area contributed by atoms with Gasteiger partial charge in [-0.3, -0.25) is 14.4 Å². The second-order valence-electron chi connectivity index (χ2n) is 8.27. The van der Waals surface area contributed by atoms with Crippen LogP contribution in [-0.2, 0) is 26.3 Å². The quantitative estimate of drug-likeness (QED) is 0.377. The third-order valence-electron chi connectivity index (χ3n) is 6.03. The number of benzene rings is 3. The minimum absolute atomic E-state index is 0.0117. The van der Waals surface area contributed by atoms with Gasteiger partial charge >= 0.3 is 6.01 Å². The lowest BCUT2D eigenvalue weighted by atomic mass is 10.2. The maximum Gasteiger partial charge on any atom is 0.322 e. The van der Waals surface area contributed by atoms with Crippen LogP contribution in [0.3, 0.4) is 0 Å². The summed E-state index contributed by atoms with van der Waals surface area (Å²) in [6.07, 6.45) is 0.643. The van der Waals surface area contributed by atoms with Gasteiger partial charge in [-0.2, -0.15) is 0 Å². The van der Waals surface area contributed by atoms with Gasteiger partial charge in [0, 0.05) is 17.7 Å². The summed E-state index contributed by atoms with van der Waals surface area (Å²) < 4.78 is 57.1. The first-order valence-corrected chi connectivity index (χ1v) is 14.5. The Morgan fingerprint density at radius 3 is 2.30 bits per heavy atom. The van der Waals surface area contributed by atoms with Crippen LogP contribution in [0.1, 0.15) is 22.8 Å². The minimum Gasteiger partial charge on any atom is -0.403 e. The van der Waals surface area contributed by atoms with Gasteiger partial charge in [-0.25, -0.2) is 16.8 Å². The van der Waals surface area contributed by atoms with Crippen molar-refractivity contribution in [3.05, 3.63) is 83.9 Å². The zero-order valence-electron chi connectivity index (χ0n) is 19.7. The van der Waals surface area contributed by atoms with Gasteiger partial charge in [-0.1, -0.05) is 30.2 Å². The zero-order valence-corrected chi connectivity index (χ0v) is 21.3. The van der Waals surface area contributed by atoms with Gasteiger partial charge in [0.15, 0.2) is 9.84 Å². The first kappa shape index (κ1) is 24.7. The molecule has 0 saturated carbocycles. The van der Waals surface area contributed by atoms with Gasteiger partial charge in [0.1, 0.15) is 0 Å². The second-order valence-corrected chi connectivity index (χ2v) is 12.4. The van der Waals surface area contributed by atoms with Crippen molar-refractivity contribution < 1.29 is 26.0 Å². The molecule has 10 nitrogen and oxygen atoms in total. The van der Waals surface area contributed by atoms with Crippen LogP contribution in [-0.4, -0.2) is 45.2 Å². The molecule has 0 atom stereocenters. The van der Waals surface area contributed by atoms with Gasteiger partial charge in [0.05, 0.1) is 21.2 Å². The van der Waals surface area contributed by atoms with E-state index in [1.165, 1.54) is 40.7 Å². The molecule has 1 aliphatic rings. The van der Waals surface area contributed by atoms with Crippen molar-refractivity contribution in [3.8, 4) is 11.5 Å². The fourth-order valence-corrected chi connectivity index (χ4v) is 6.38. The van der Waals surface area contributed by atoms with Crippen molar-refractivity contribution in [2.75, 3.05) is 21.9 Å². The number of para-hydroxylation sites is 1. The predicted molar refractivity (Wildman–Crippen MR) is 137 cm³/mol. The molecule has 0 bridgehead atoms. The van der Waals surface area contributed by atoms with Crippen molar-refractivity contribution in [2.24, 2.45) is 0 Å². The monoisotopic (exact) mass is 538 g/mol. The molecular formula is C25H22N4O6S2. The van der Waals surface area contributed by atoms with E-state index in [1.54, 1.807) is 31.2 Å². The smallest absolute Gasteiger partial charge is 0.322 e. The average molecular weight is 539 g/mol. The summed E-state index contributed by atoms with van der Waals surface area (Å²) in [5.74, 6) is -0.472. The van der Waals surface area contributed by atoms with Crippen LogP contribution in [0.5, 0.6) is 0 Å². The van der Waals surface area contributed by atoms with Crippen molar-refractivity contribution in [3.63, 3.8) is 0 Å². The predicted octanol–water partition coefficient (Wildman–Crippen LogP) is 3.53. The molecule has 37 heavy (non-hydrogen) atoms. The van der Waals surface area contributed by atoms with E-state index in [9.17, 15) is 21.6 Å². The molecule has 190 valence electrons. The number of nitrogens with zero attached hydrogens (tertiary/aromatic N) is 3. The van der Waals surface area contributed by atoms with E-state index < -0.39 is 25.8 Å². The van der Waals surface area contributed by atoms with Crippen LogP contribution < -0.4 is 9.62 Å². The van der Waals surface area contributed by atoms with Crippen molar-refractivity contribution in [1.82, 2.24) is 10.2 Å². The van der Waals surface area contributed by atoms with Gasteiger partial charge in [-0.05, 0) is 66.6 Å². The Morgan fingerprint density at radius 2 is 1.59 bits per heavy atom. The molecule has 0 radical (unpaired) electrons. The standard InChI is InChI=1S/C25H22N4O6S2/c1-2-36(31,32)20-11-9-19(10-12-20)24-27-28-25(35-24)26-23(30)18-7-13-21(14-8-18)37(33,34)29-16-15-17-5-3-4-6-22(17)29/h3-14H,2,15-16H2,1H3,(H,26,28,30). The van der Waals surface area contributed by atoms with Crippen molar-refractivity contribution >= 4 is 37.5 Å². The summed E-state index contributed by atoms with van der Waals surface area (Å²) in [5, 5.41) is 10.2. The number of anilines is 2. The van der Waals surface area contributed by atoms with Crippen LogP contribution in [0.4, 0.5) is 11.7 Å². The highest BCUT2D eigenvalue weighted by Gasteiger charge is 2.30. The molecule has 4 aromatic rings. The van der Waals surface area contributed by atoms with E-state index in [4.69, 9.17) is 4.42 Å². The highest BCUT2D eigenvalue weighted by atomic mass is 32.2. The number of aromatic nitrogens is 2. The average Bonchev–Trinajstić information content (AvgIpc) is 3.56. The lowest BCUT2D eigenvalue weighted by molar-refractivity contribution is 0.102.